The number of carboxylic acids is 1. The summed E-state index contributed by atoms with van der Waals surface area (Å²) in [5.74, 6) is -1.60. The fourth-order valence-electron chi connectivity index (χ4n) is 9.64. The first kappa shape index (κ1) is 94.5. The minimum atomic E-state index is -4.03. The summed E-state index contributed by atoms with van der Waals surface area (Å²) in [7, 11) is -13.7. The first-order valence-corrected chi connectivity index (χ1v) is 41.0. The molecule has 5 unspecified atom stereocenters. The summed E-state index contributed by atoms with van der Waals surface area (Å²) in [4.78, 5) is 47.2. The first-order chi connectivity index (χ1) is 46.5. The summed E-state index contributed by atoms with van der Waals surface area (Å²) in [6.45, 7) is 13.6. The fraction of sp³-hybridized carbons (Fsp3) is 0.471. The van der Waals surface area contributed by atoms with E-state index >= 15 is 0 Å². The van der Waals surface area contributed by atoms with Gasteiger partial charge in [0.05, 0.1) is 57.2 Å². The zero-order valence-electron chi connectivity index (χ0n) is 56.4. The monoisotopic (exact) mass is 1590 g/mol. The smallest absolute Gasteiger partial charge is 0.481 e. The summed E-state index contributed by atoms with van der Waals surface area (Å²) >= 11 is 35.2. The van der Waals surface area contributed by atoms with Crippen molar-refractivity contribution in [2.75, 3.05) is 64.1 Å². The van der Waals surface area contributed by atoms with Crippen LogP contribution in [0.4, 0.5) is 0 Å². The Morgan fingerprint density at radius 3 is 1.73 bits per heavy atom. The Balaban J connectivity index is 0.000000617. The fourth-order valence-corrected chi connectivity index (χ4v) is 14.4. The lowest BCUT2D eigenvalue weighted by Crippen LogP contribution is -2.32. The predicted octanol–water partition coefficient (Wildman–Crippen LogP) is 16.1. The largest absolute Gasteiger partial charge is 0.510 e. The number of halogens is 6. The summed E-state index contributed by atoms with van der Waals surface area (Å²) in [5, 5.41) is 25.3. The Kier molecular flexibility index (Phi) is 47.4. The molecule has 30 heteroatoms. The molecule has 7 rings (SSSR count). The van der Waals surface area contributed by atoms with Crippen molar-refractivity contribution in [2.24, 2.45) is 22.6 Å². The van der Waals surface area contributed by atoms with Crippen molar-refractivity contribution in [3.05, 3.63) is 209 Å². The van der Waals surface area contributed by atoms with Gasteiger partial charge in [-0.3, -0.25) is 18.5 Å². The minimum absolute atomic E-state index is 0. The van der Waals surface area contributed by atoms with E-state index in [0.717, 1.165) is 65.6 Å². The van der Waals surface area contributed by atoms with E-state index in [1.807, 2.05) is 60.7 Å². The van der Waals surface area contributed by atoms with Crippen molar-refractivity contribution in [2.45, 2.75) is 142 Å². The van der Waals surface area contributed by atoms with Crippen molar-refractivity contribution in [1.29, 1.82) is 0 Å². The SMILES string of the molecule is C.CC1(C)CC[C@H](CC(=O)O)OC1.CCOC(OCC)P(=O)(O)CCCNCc1ccc(Cl)c(Cl)c1.C[C@H](CCC(O)Cc1cccc(C[P+](=O)O)c1)c1ccc(Cl)c(Cl)c1.NCC(CP(=O)(O)O)c1ccc(Cl)cc1.NCC(CS(=O)(=O)O)c1ccc(Cl)cc1.NCCc1ccccc1. The van der Waals surface area contributed by atoms with E-state index in [1.54, 1.807) is 80.6 Å². The van der Waals surface area contributed by atoms with E-state index < -0.39 is 57.1 Å². The average molecular weight is 1590 g/mol. The maximum absolute atomic E-state index is 12.3. The van der Waals surface area contributed by atoms with Crippen LogP contribution in [0.3, 0.4) is 0 Å². The van der Waals surface area contributed by atoms with Gasteiger partial charge in [-0.25, -0.2) is 0 Å². The Labute approximate surface area is 622 Å². The van der Waals surface area contributed by atoms with Crippen LogP contribution in [0.25, 0.3) is 0 Å². The Morgan fingerprint density at radius 2 is 1.25 bits per heavy atom. The molecular formula is C70H102Cl6N4O16P3S+. The van der Waals surface area contributed by atoms with Crippen LogP contribution in [0.5, 0.6) is 0 Å². The summed E-state index contributed by atoms with van der Waals surface area (Å²) in [6, 6.07) is 41.3. The molecule has 0 amide bonds. The van der Waals surface area contributed by atoms with Crippen LogP contribution in [0, 0.1) is 5.41 Å². The van der Waals surface area contributed by atoms with Gasteiger partial charge in [-0.1, -0.05) is 189 Å². The molecule has 1 aliphatic rings. The molecule has 0 radical (unpaired) electrons. The third-order valence-corrected chi connectivity index (χ3v) is 21.2. The molecule has 6 aromatic rings. The number of aliphatic carboxylic acids is 1. The molecule has 1 aliphatic heterocycles. The highest BCUT2D eigenvalue weighted by Gasteiger charge is 2.32. The summed E-state index contributed by atoms with van der Waals surface area (Å²) < 4.78 is 80.1. The average Bonchev–Trinajstić information content (AvgIpc) is 0.903. The molecule has 1 fully saturated rings. The Bertz CT molecular complexity index is 3500. The van der Waals surface area contributed by atoms with E-state index in [-0.39, 0.29) is 74.5 Å². The molecule has 0 bridgehead atoms. The molecule has 6 aromatic carbocycles. The number of nitrogens with one attached hydrogen (secondary N) is 1. The number of carbonyl (C=O) groups is 1. The van der Waals surface area contributed by atoms with Crippen LogP contribution in [-0.2, 0) is 68.4 Å². The molecule has 0 aromatic heterocycles. The van der Waals surface area contributed by atoms with Crippen LogP contribution < -0.4 is 22.5 Å². The Morgan fingerprint density at radius 1 is 0.720 bits per heavy atom. The first-order valence-electron chi connectivity index (χ1n) is 32.0. The highest BCUT2D eigenvalue weighted by molar-refractivity contribution is 7.85. The maximum atomic E-state index is 12.3. The van der Waals surface area contributed by atoms with Gasteiger partial charge in [0.2, 0.25) is 12.2 Å². The van der Waals surface area contributed by atoms with Crippen molar-refractivity contribution in [3.8, 4) is 0 Å². The van der Waals surface area contributed by atoms with E-state index in [0.29, 0.717) is 82.3 Å². The molecule has 14 N–H and O–H groups in total. The normalized spacial score (nSPS) is 15.2. The molecule has 20 nitrogen and oxygen atoms in total. The van der Waals surface area contributed by atoms with Gasteiger partial charge in [-0.15, -0.1) is 0 Å². The van der Waals surface area contributed by atoms with E-state index in [9.17, 15) is 36.9 Å². The van der Waals surface area contributed by atoms with Crippen LogP contribution in [-0.4, -0.2) is 131 Å². The lowest BCUT2D eigenvalue weighted by atomic mass is 9.85. The highest BCUT2D eigenvalue weighted by atomic mass is 35.5. The van der Waals surface area contributed by atoms with Crippen molar-refractivity contribution in [3.63, 3.8) is 0 Å². The summed E-state index contributed by atoms with van der Waals surface area (Å²) in [5.41, 5.74) is 23.3. The molecule has 0 spiro atoms. The van der Waals surface area contributed by atoms with Gasteiger partial charge in [0, 0.05) is 59.9 Å². The number of carboxylic acid groups (broad SMARTS) is 1. The van der Waals surface area contributed by atoms with Crippen molar-refractivity contribution >= 4 is 109 Å². The molecule has 560 valence electrons. The highest BCUT2D eigenvalue weighted by Crippen LogP contribution is 2.48. The molecule has 7 atom stereocenters. The quantitative estimate of drug-likeness (QED) is 0.00833. The number of aliphatic hydroxyl groups excluding tert-OH is 1. The third kappa shape index (κ3) is 42.5. The topological polar surface area (TPSA) is 362 Å². The van der Waals surface area contributed by atoms with Gasteiger partial charge in [0.15, 0.2) is 0 Å². The zero-order chi connectivity index (χ0) is 74.4. The van der Waals surface area contributed by atoms with E-state index in [2.05, 4.69) is 38.2 Å². The number of nitrogens with two attached hydrogens (primary N) is 3. The molecule has 0 saturated carbocycles. The minimum Gasteiger partial charge on any atom is -0.481 e. The van der Waals surface area contributed by atoms with Gasteiger partial charge in [-0.2, -0.15) is 13.3 Å². The predicted molar refractivity (Wildman–Crippen MR) is 409 cm³/mol. The molecule has 0 aliphatic carbocycles. The number of hydrogen-bond acceptors (Lipinski definition) is 14. The number of benzene rings is 6. The van der Waals surface area contributed by atoms with E-state index in [4.69, 9.17) is 125 Å². The molecule has 1 heterocycles. The second-order valence-corrected chi connectivity index (χ2v) is 33.2. The number of hydrogen-bond donors (Lipinski definition) is 11. The van der Waals surface area contributed by atoms with Gasteiger partial charge in [0.1, 0.15) is 0 Å². The lowest BCUT2D eigenvalue weighted by Gasteiger charge is -2.33. The second kappa shape index (κ2) is 50.1. The Hall–Kier alpha value is -3.48. The van der Waals surface area contributed by atoms with Crippen molar-refractivity contribution in [1.82, 2.24) is 5.32 Å². The number of ether oxygens (including phenoxy) is 3. The van der Waals surface area contributed by atoms with Crippen LogP contribution >= 0.6 is 92.6 Å². The number of rotatable bonds is 31. The molecule has 1 saturated heterocycles. The zero-order valence-corrected chi connectivity index (χ0v) is 64.5. The van der Waals surface area contributed by atoms with Crippen LogP contribution in [0.2, 0.25) is 30.1 Å². The van der Waals surface area contributed by atoms with Crippen LogP contribution in [0.15, 0.2) is 140 Å². The lowest BCUT2D eigenvalue weighted by molar-refractivity contribution is -0.143. The van der Waals surface area contributed by atoms with Crippen molar-refractivity contribution < 1.29 is 75.5 Å². The van der Waals surface area contributed by atoms with Crippen LogP contribution in [0.1, 0.15) is 137 Å². The van der Waals surface area contributed by atoms with Gasteiger partial charge in [-0.05, 0) is 176 Å². The van der Waals surface area contributed by atoms with Gasteiger partial charge in [0.25, 0.3) is 17.5 Å². The maximum Gasteiger partial charge on any atom is 0.510 e. The van der Waals surface area contributed by atoms with Gasteiger partial charge < -0.3 is 61.6 Å². The summed E-state index contributed by atoms with van der Waals surface area (Å²) in [6.07, 6.45) is 5.20. The molecule has 100 heavy (non-hydrogen) atoms. The van der Waals surface area contributed by atoms with Gasteiger partial charge >= 0.3 is 21.6 Å². The van der Waals surface area contributed by atoms with E-state index in [1.165, 1.54) is 5.56 Å². The third-order valence-electron chi connectivity index (χ3n) is 15.0. The molecular weight excluding hydrogens is 1490 g/mol. The second-order valence-electron chi connectivity index (χ2n) is 24.1. The number of aliphatic hydroxyl groups is 1. The standard InChI is InChI=1S/C19H21Cl2O3P.C15H24Cl2NO4P.C9H13ClNO3P.C9H12ClNO3S.C9H16O3.C8H11N.CH4/c1-13(16-6-8-18(20)19(21)11-16)5-7-17(22)10-14-3-2-4-15(9-14)12-25(23)24;1-3-21-15(22-4-2)23(19,20)9-5-8-18-11-12-6-7-13(16)14(17)10-12;2*10-9-3-1-7(2-4-9)8(5-11)6-15(12,13)14;1-9(2)4-3-7(12-6-9)5-8(10)11;9-7-6-8-4-2-1-3-5-8;/h2-4,6,8-9,11,13,17,22H,5,7,10,12H2,1H3;6-7,10,15,18H,3-5,8-9,11H2,1-2H3,(H,19,20);1-4,8H,5-6,11H2,(H2,12,13,14);1-4,8H,5-6,11H2,(H,12,13,14);7H,3-6H2,1-2H3,(H,10,11);1-5H,6-7,9H2;1H4/p+1/t13-,17?;;;;7-;;/m1...1../s1.